The van der Waals surface area contributed by atoms with Crippen molar-refractivity contribution in [1.29, 1.82) is 0 Å². The summed E-state index contributed by atoms with van der Waals surface area (Å²) in [5, 5.41) is 6.68. The van der Waals surface area contributed by atoms with Crippen LogP contribution in [0.4, 0.5) is 0 Å². The van der Waals surface area contributed by atoms with Crippen molar-refractivity contribution in [2.75, 3.05) is 7.05 Å². The molecule has 1 N–H and O–H groups in total. The lowest BCUT2D eigenvalue weighted by Crippen LogP contribution is -2.61. The molecule has 116 valence electrons. The Morgan fingerprint density at radius 2 is 2.05 bits per heavy atom. The van der Waals surface area contributed by atoms with Gasteiger partial charge in [0.15, 0.2) is 5.76 Å². The maximum Gasteiger partial charge on any atom is 0.284 e. The predicted octanol–water partition coefficient (Wildman–Crippen LogP) is 2.74. The highest BCUT2D eigenvalue weighted by atomic mass is 16.3. The third-order valence-corrected chi connectivity index (χ3v) is 4.91. The molecule has 0 saturated heterocycles. The number of nitrogens with zero attached hydrogens (tertiary/aromatic N) is 3. The molecule has 6 heteroatoms. The van der Waals surface area contributed by atoms with Crippen molar-refractivity contribution in [3.8, 4) is 11.5 Å². The highest BCUT2D eigenvalue weighted by Crippen LogP contribution is 2.39. The number of hydrogen-bond donors (Lipinski definition) is 1. The zero-order valence-electron chi connectivity index (χ0n) is 12.7. The van der Waals surface area contributed by atoms with E-state index in [0.29, 0.717) is 17.1 Å². The Labute approximate surface area is 129 Å². The largest absolute Gasteiger partial charge is 0.463 e. The van der Waals surface area contributed by atoms with E-state index in [1.165, 1.54) is 12.8 Å². The molecule has 6 nitrogen and oxygen atoms in total. The fraction of sp³-hybridized carbons (Fsp3) is 0.500. The molecule has 0 aromatic carbocycles. The summed E-state index contributed by atoms with van der Waals surface area (Å²) in [6.45, 7) is 0. The fourth-order valence-electron chi connectivity index (χ4n) is 3.70. The smallest absolute Gasteiger partial charge is 0.284 e. The second-order valence-corrected chi connectivity index (χ2v) is 6.20. The van der Waals surface area contributed by atoms with E-state index >= 15 is 0 Å². The summed E-state index contributed by atoms with van der Waals surface area (Å²) in [4.78, 5) is 12.3. The molecule has 1 saturated carbocycles. The van der Waals surface area contributed by atoms with Crippen molar-refractivity contribution in [2.24, 2.45) is 0 Å². The van der Waals surface area contributed by atoms with E-state index in [9.17, 15) is 4.79 Å². The summed E-state index contributed by atoms with van der Waals surface area (Å²) in [6.07, 6.45) is 8.40. The number of hydrogen-bond acceptors (Lipinski definition) is 4. The van der Waals surface area contributed by atoms with Crippen LogP contribution in [0.1, 0.15) is 49.0 Å². The molecular formula is C16H20N4O2. The molecule has 0 bridgehead atoms. The standard InChI is InChI=1S/C16H20N4O2/c1-19-16(8-4-2-3-5-9-16)20-13(15(21)18-19)11-12(17-20)14-7-6-10-22-14/h6-7,10-11H,2-5,8-9H2,1H3,(H,18,21). The van der Waals surface area contributed by atoms with E-state index in [0.717, 1.165) is 25.7 Å². The molecule has 1 spiro atoms. The van der Waals surface area contributed by atoms with Crippen molar-refractivity contribution in [1.82, 2.24) is 20.2 Å². The van der Waals surface area contributed by atoms with Crippen LogP contribution >= 0.6 is 0 Å². The van der Waals surface area contributed by atoms with Gasteiger partial charge in [-0.2, -0.15) is 10.1 Å². The minimum absolute atomic E-state index is 0.109. The predicted molar refractivity (Wildman–Crippen MR) is 80.8 cm³/mol. The molecule has 0 atom stereocenters. The topological polar surface area (TPSA) is 63.3 Å². The molecule has 0 unspecified atom stereocenters. The molecule has 1 fully saturated rings. The first-order valence-corrected chi connectivity index (χ1v) is 7.90. The molecule has 3 heterocycles. The molecule has 1 aliphatic heterocycles. The number of furan rings is 1. The molecule has 1 aliphatic carbocycles. The van der Waals surface area contributed by atoms with Gasteiger partial charge in [-0.1, -0.05) is 12.8 Å². The number of carbonyl (C=O) groups excluding carboxylic acids is 1. The molecule has 22 heavy (non-hydrogen) atoms. The van der Waals surface area contributed by atoms with Crippen LogP contribution in [-0.4, -0.2) is 27.7 Å². The minimum Gasteiger partial charge on any atom is -0.463 e. The fourth-order valence-corrected chi connectivity index (χ4v) is 3.70. The van der Waals surface area contributed by atoms with Crippen LogP contribution in [0.3, 0.4) is 0 Å². The Bertz CT molecular complexity index is 681. The second kappa shape index (κ2) is 4.98. The third-order valence-electron chi connectivity index (χ3n) is 4.91. The van der Waals surface area contributed by atoms with Gasteiger partial charge in [0.25, 0.3) is 5.91 Å². The summed E-state index contributed by atoms with van der Waals surface area (Å²) in [5.74, 6) is 0.587. The van der Waals surface area contributed by atoms with E-state index in [1.54, 1.807) is 6.26 Å². The normalized spacial score (nSPS) is 21.4. The lowest BCUT2D eigenvalue weighted by atomic mass is 9.98. The first kappa shape index (κ1) is 13.6. The first-order valence-electron chi connectivity index (χ1n) is 7.90. The van der Waals surface area contributed by atoms with E-state index in [2.05, 4.69) is 5.43 Å². The summed E-state index contributed by atoms with van der Waals surface area (Å²) < 4.78 is 7.36. The molecular weight excluding hydrogens is 280 g/mol. The van der Waals surface area contributed by atoms with Crippen LogP contribution in [0.2, 0.25) is 0 Å². The monoisotopic (exact) mass is 300 g/mol. The number of amides is 1. The Morgan fingerprint density at radius 3 is 2.73 bits per heavy atom. The maximum atomic E-state index is 12.3. The van der Waals surface area contributed by atoms with Crippen molar-refractivity contribution < 1.29 is 9.21 Å². The van der Waals surface area contributed by atoms with E-state index in [1.807, 2.05) is 34.9 Å². The van der Waals surface area contributed by atoms with Crippen molar-refractivity contribution >= 4 is 5.91 Å². The second-order valence-electron chi connectivity index (χ2n) is 6.20. The van der Waals surface area contributed by atoms with Crippen molar-refractivity contribution in [3.63, 3.8) is 0 Å². The Balaban J connectivity index is 1.85. The Morgan fingerprint density at radius 1 is 1.27 bits per heavy atom. The Hall–Kier alpha value is -2.08. The van der Waals surface area contributed by atoms with Gasteiger partial charge in [0.1, 0.15) is 17.1 Å². The molecule has 0 radical (unpaired) electrons. The lowest BCUT2D eigenvalue weighted by molar-refractivity contribution is -0.0380. The maximum absolute atomic E-state index is 12.3. The molecule has 1 amide bonds. The zero-order valence-corrected chi connectivity index (χ0v) is 12.7. The Kier molecular flexibility index (Phi) is 3.07. The third kappa shape index (κ3) is 1.90. The SMILES string of the molecule is CN1NC(=O)c2cc(-c3ccco3)nn2C12CCCCCC2. The number of aromatic nitrogens is 2. The first-order chi connectivity index (χ1) is 10.7. The summed E-state index contributed by atoms with van der Waals surface area (Å²) in [7, 11) is 1.94. The van der Waals surface area contributed by atoms with E-state index < -0.39 is 0 Å². The van der Waals surface area contributed by atoms with Crippen LogP contribution in [-0.2, 0) is 5.66 Å². The van der Waals surface area contributed by atoms with E-state index in [-0.39, 0.29) is 11.6 Å². The lowest BCUT2D eigenvalue weighted by Gasteiger charge is -2.45. The average Bonchev–Trinajstić information content (AvgIpc) is 3.11. The molecule has 2 aromatic heterocycles. The molecule has 2 aromatic rings. The van der Waals surface area contributed by atoms with Gasteiger partial charge in [-0.25, -0.2) is 4.68 Å². The van der Waals surface area contributed by atoms with Gasteiger partial charge in [0.05, 0.1) is 6.26 Å². The average molecular weight is 300 g/mol. The van der Waals surface area contributed by atoms with Crippen LogP contribution in [0.5, 0.6) is 0 Å². The van der Waals surface area contributed by atoms with E-state index in [4.69, 9.17) is 9.52 Å². The van der Waals surface area contributed by atoms with Crippen molar-refractivity contribution in [3.05, 3.63) is 30.2 Å². The molecule has 2 aliphatic rings. The van der Waals surface area contributed by atoms with Gasteiger partial charge < -0.3 is 4.42 Å². The van der Waals surface area contributed by atoms with Crippen LogP contribution < -0.4 is 5.43 Å². The van der Waals surface area contributed by atoms with Crippen LogP contribution in [0, 0.1) is 0 Å². The number of carbonyl (C=O) groups is 1. The van der Waals surface area contributed by atoms with Crippen LogP contribution in [0.15, 0.2) is 28.9 Å². The highest BCUT2D eigenvalue weighted by Gasteiger charge is 2.45. The van der Waals surface area contributed by atoms with Gasteiger partial charge in [0.2, 0.25) is 0 Å². The van der Waals surface area contributed by atoms with Gasteiger partial charge in [0, 0.05) is 13.1 Å². The summed E-state index contributed by atoms with van der Waals surface area (Å²) in [5.41, 5.74) is 4.06. The van der Waals surface area contributed by atoms with Gasteiger partial charge in [-0.05, 0) is 37.8 Å². The number of rotatable bonds is 1. The van der Waals surface area contributed by atoms with Crippen molar-refractivity contribution in [2.45, 2.75) is 44.2 Å². The molecule has 4 rings (SSSR count). The van der Waals surface area contributed by atoms with Gasteiger partial charge in [-0.15, -0.1) is 0 Å². The zero-order chi connectivity index (χ0) is 15.2. The summed E-state index contributed by atoms with van der Waals surface area (Å²) in [6, 6.07) is 5.53. The number of fused-ring (bicyclic) bond motifs is 2. The number of hydrazine groups is 1. The van der Waals surface area contributed by atoms with Crippen LogP contribution in [0.25, 0.3) is 11.5 Å². The van der Waals surface area contributed by atoms with Gasteiger partial charge in [-0.3, -0.25) is 10.2 Å². The highest BCUT2D eigenvalue weighted by molar-refractivity contribution is 5.94. The number of nitrogens with one attached hydrogen (secondary N) is 1. The summed E-state index contributed by atoms with van der Waals surface area (Å²) >= 11 is 0. The van der Waals surface area contributed by atoms with Gasteiger partial charge >= 0.3 is 0 Å². The minimum atomic E-state index is -0.259. The quantitative estimate of drug-likeness (QED) is 0.879.